The highest BCUT2D eigenvalue weighted by molar-refractivity contribution is 7.09. The van der Waals surface area contributed by atoms with Gasteiger partial charge in [0.2, 0.25) is 0 Å². The second-order valence-electron chi connectivity index (χ2n) is 3.77. The minimum absolute atomic E-state index is 0.596. The van der Waals surface area contributed by atoms with Gasteiger partial charge in [-0.1, -0.05) is 30.3 Å². The lowest BCUT2D eigenvalue weighted by atomic mass is 10.2. The van der Waals surface area contributed by atoms with Gasteiger partial charge in [0.05, 0.1) is 5.01 Å². The predicted octanol–water partition coefficient (Wildman–Crippen LogP) is 2.40. The fourth-order valence-electron chi connectivity index (χ4n) is 1.49. The molecule has 0 unspecified atom stereocenters. The van der Waals surface area contributed by atoms with Gasteiger partial charge >= 0.3 is 0 Å². The fourth-order valence-corrected chi connectivity index (χ4v) is 2.25. The van der Waals surface area contributed by atoms with Gasteiger partial charge in [-0.15, -0.1) is 11.3 Å². The Labute approximate surface area is 105 Å². The third kappa shape index (κ3) is 3.39. The van der Waals surface area contributed by atoms with Crippen LogP contribution in [0.4, 0.5) is 0 Å². The lowest BCUT2D eigenvalue weighted by molar-refractivity contribution is 0.943. The number of thiazole rings is 1. The van der Waals surface area contributed by atoms with Crippen molar-refractivity contribution in [2.45, 2.75) is 13.3 Å². The Balaban J connectivity index is 1.93. The molecule has 88 valence electrons. The van der Waals surface area contributed by atoms with Crippen molar-refractivity contribution in [2.24, 2.45) is 10.7 Å². The summed E-state index contributed by atoms with van der Waals surface area (Å²) in [5, 5.41) is 3.17. The highest BCUT2D eigenvalue weighted by atomic mass is 32.1. The zero-order valence-corrected chi connectivity index (χ0v) is 10.6. The lowest BCUT2D eigenvalue weighted by Gasteiger charge is -1.99. The van der Waals surface area contributed by atoms with Crippen LogP contribution in [0.15, 0.2) is 40.7 Å². The molecule has 0 fully saturated rings. The maximum Gasteiger partial charge on any atom is 0.125 e. The van der Waals surface area contributed by atoms with Crippen LogP contribution in [-0.2, 0) is 6.42 Å². The Bertz CT molecular complexity index is 502. The largest absolute Gasteiger partial charge is 0.384 e. The van der Waals surface area contributed by atoms with Gasteiger partial charge in [-0.3, -0.25) is 4.99 Å². The maximum absolute atomic E-state index is 5.90. The van der Waals surface area contributed by atoms with Gasteiger partial charge in [0.1, 0.15) is 5.84 Å². The SMILES string of the molecule is Cc1csc(CCN=C(N)c2ccccc2)n1. The van der Waals surface area contributed by atoms with Crippen LogP contribution < -0.4 is 5.73 Å². The fraction of sp³-hybridized carbons (Fsp3) is 0.231. The topological polar surface area (TPSA) is 51.3 Å². The normalized spacial score (nSPS) is 11.7. The number of aryl methyl sites for hydroxylation is 1. The number of aliphatic imine (C=N–C) groups is 1. The molecule has 0 aliphatic heterocycles. The van der Waals surface area contributed by atoms with Crippen molar-refractivity contribution in [2.75, 3.05) is 6.54 Å². The summed E-state index contributed by atoms with van der Waals surface area (Å²) >= 11 is 1.68. The number of aromatic nitrogens is 1. The summed E-state index contributed by atoms with van der Waals surface area (Å²) in [6.45, 7) is 2.69. The van der Waals surface area contributed by atoms with E-state index >= 15 is 0 Å². The van der Waals surface area contributed by atoms with E-state index in [1.54, 1.807) is 11.3 Å². The second-order valence-corrected chi connectivity index (χ2v) is 4.71. The van der Waals surface area contributed by atoms with E-state index in [2.05, 4.69) is 15.4 Å². The minimum atomic E-state index is 0.596. The molecule has 17 heavy (non-hydrogen) atoms. The molecular formula is C13H15N3S. The summed E-state index contributed by atoms with van der Waals surface area (Å²) in [7, 11) is 0. The van der Waals surface area contributed by atoms with E-state index in [0.717, 1.165) is 22.7 Å². The molecule has 0 aliphatic carbocycles. The van der Waals surface area contributed by atoms with E-state index in [0.29, 0.717) is 12.4 Å². The van der Waals surface area contributed by atoms with Crippen LogP contribution >= 0.6 is 11.3 Å². The van der Waals surface area contributed by atoms with Gasteiger partial charge in [-0.25, -0.2) is 4.98 Å². The molecule has 2 aromatic rings. The number of amidine groups is 1. The van der Waals surface area contributed by atoms with Crippen LogP contribution in [0.2, 0.25) is 0 Å². The summed E-state index contributed by atoms with van der Waals surface area (Å²) < 4.78 is 0. The van der Waals surface area contributed by atoms with E-state index < -0.39 is 0 Å². The van der Waals surface area contributed by atoms with Crippen LogP contribution in [0.3, 0.4) is 0 Å². The smallest absolute Gasteiger partial charge is 0.125 e. The molecule has 3 nitrogen and oxygen atoms in total. The van der Waals surface area contributed by atoms with Crippen LogP contribution in [-0.4, -0.2) is 17.4 Å². The van der Waals surface area contributed by atoms with Crippen molar-refractivity contribution >= 4 is 17.2 Å². The van der Waals surface area contributed by atoms with Crippen molar-refractivity contribution in [3.05, 3.63) is 52.0 Å². The molecule has 0 bridgehead atoms. The maximum atomic E-state index is 5.90. The van der Waals surface area contributed by atoms with Gasteiger partial charge in [0.15, 0.2) is 0 Å². The zero-order valence-electron chi connectivity index (χ0n) is 9.76. The molecule has 2 N–H and O–H groups in total. The van der Waals surface area contributed by atoms with E-state index in [1.807, 2.05) is 37.3 Å². The lowest BCUT2D eigenvalue weighted by Crippen LogP contribution is -2.14. The molecular weight excluding hydrogens is 230 g/mol. The molecule has 0 radical (unpaired) electrons. The van der Waals surface area contributed by atoms with Crippen LogP contribution in [0.5, 0.6) is 0 Å². The number of hydrogen-bond donors (Lipinski definition) is 1. The van der Waals surface area contributed by atoms with E-state index in [9.17, 15) is 0 Å². The van der Waals surface area contributed by atoms with Crippen LogP contribution in [0, 0.1) is 6.92 Å². The molecule has 1 aromatic carbocycles. The first kappa shape index (κ1) is 11.8. The minimum Gasteiger partial charge on any atom is -0.384 e. The average molecular weight is 245 g/mol. The number of nitrogens with two attached hydrogens (primary N) is 1. The van der Waals surface area contributed by atoms with Crippen molar-refractivity contribution in [3.8, 4) is 0 Å². The van der Waals surface area contributed by atoms with Crippen molar-refractivity contribution in [1.29, 1.82) is 0 Å². The Kier molecular flexibility index (Phi) is 3.88. The van der Waals surface area contributed by atoms with Crippen LogP contribution in [0.1, 0.15) is 16.3 Å². The Morgan fingerprint density at radius 1 is 1.35 bits per heavy atom. The summed E-state index contributed by atoms with van der Waals surface area (Å²) in [4.78, 5) is 8.75. The standard InChI is InChI=1S/C13H15N3S/c1-10-9-17-12(16-10)7-8-15-13(14)11-5-3-2-4-6-11/h2-6,9H,7-8H2,1H3,(H2,14,15). The van der Waals surface area contributed by atoms with Crippen molar-refractivity contribution in [1.82, 2.24) is 4.98 Å². The first-order valence-electron chi connectivity index (χ1n) is 5.52. The molecule has 1 heterocycles. The van der Waals surface area contributed by atoms with Crippen molar-refractivity contribution < 1.29 is 0 Å². The van der Waals surface area contributed by atoms with Gasteiger partial charge in [0.25, 0.3) is 0 Å². The van der Waals surface area contributed by atoms with Gasteiger partial charge in [-0.2, -0.15) is 0 Å². The summed E-state index contributed by atoms with van der Waals surface area (Å²) in [6.07, 6.45) is 0.853. The van der Waals surface area contributed by atoms with Gasteiger partial charge in [0, 0.05) is 29.6 Å². The Hall–Kier alpha value is -1.68. The highest BCUT2D eigenvalue weighted by Gasteiger charge is 1.99. The third-order valence-electron chi connectivity index (χ3n) is 2.34. The molecule has 0 saturated heterocycles. The average Bonchev–Trinajstić information content (AvgIpc) is 2.76. The molecule has 0 saturated carbocycles. The molecule has 0 spiro atoms. The predicted molar refractivity (Wildman–Crippen MR) is 72.6 cm³/mol. The van der Waals surface area contributed by atoms with E-state index in [-0.39, 0.29) is 0 Å². The monoisotopic (exact) mass is 245 g/mol. The molecule has 0 atom stereocenters. The molecule has 4 heteroatoms. The van der Waals surface area contributed by atoms with E-state index in [4.69, 9.17) is 5.73 Å². The number of rotatable bonds is 4. The summed E-state index contributed by atoms with van der Waals surface area (Å²) in [5.74, 6) is 0.596. The van der Waals surface area contributed by atoms with Crippen LogP contribution in [0.25, 0.3) is 0 Å². The second kappa shape index (κ2) is 5.59. The molecule has 0 amide bonds. The van der Waals surface area contributed by atoms with Gasteiger partial charge < -0.3 is 5.73 Å². The first-order chi connectivity index (χ1) is 8.25. The number of benzene rings is 1. The summed E-state index contributed by atoms with van der Waals surface area (Å²) in [5.41, 5.74) is 7.95. The van der Waals surface area contributed by atoms with Gasteiger partial charge in [-0.05, 0) is 6.92 Å². The number of nitrogens with zero attached hydrogens (tertiary/aromatic N) is 2. The summed E-state index contributed by atoms with van der Waals surface area (Å²) in [6, 6.07) is 9.82. The quantitative estimate of drug-likeness (QED) is 0.664. The van der Waals surface area contributed by atoms with E-state index in [1.165, 1.54) is 0 Å². The first-order valence-corrected chi connectivity index (χ1v) is 6.40. The highest BCUT2D eigenvalue weighted by Crippen LogP contribution is 2.09. The third-order valence-corrected chi connectivity index (χ3v) is 3.37. The Morgan fingerprint density at radius 3 is 2.76 bits per heavy atom. The van der Waals surface area contributed by atoms with Crippen molar-refractivity contribution in [3.63, 3.8) is 0 Å². The molecule has 2 rings (SSSR count). The molecule has 0 aliphatic rings. The zero-order chi connectivity index (χ0) is 12.1. The Morgan fingerprint density at radius 2 is 2.12 bits per heavy atom. The number of hydrogen-bond acceptors (Lipinski definition) is 3. The molecule has 1 aromatic heterocycles.